The van der Waals surface area contributed by atoms with Crippen molar-refractivity contribution in [3.05, 3.63) is 52.6 Å². The minimum Gasteiger partial charge on any atom is -0.369 e. The molecular weight excluding hydrogens is 292 g/mol. The minimum atomic E-state index is 0.395. The molecule has 3 rings (SSSR count). The molecule has 0 bridgehead atoms. The van der Waals surface area contributed by atoms with Crippen LogP contribution in [-0.2, 0) is 24.4 Å². The molecule has 1 aromatic carbocycles. The third kappa shape index (κ3) is 3.32. The van der Waals surface area contributed by atoms with Crippen molar-refractivity contribution in [1.82, 2.24) is 9.97 Å². The van der Waals surface area contributed by atoms with Gasteiger partial charge in [0.2, 0.25) is 0 Å². The molecule has 20 heavy (non-hydrogen) atoms. The van der Waals surface area contributed by atoms with Gasteiger partial charge in [0, 0.05) is 0 Å². The lowest BCUT2D eigenvalue weighted by molar-refractivity contribution is 0.101. The molecule has 2 aromatic rings. The van der Waals surface area contributed by atoms with Crippen LogP contribution in [0.4, 0.5) is 0 Å². The zero-order valence-corrected chi connectivity index (χ0v) is 12.6. The van der Waals surface area contributed by atoms with Gasteiger partial charge in [-0.05, 0) is 24.2 Å². The van der Waals surface area contributed by atoms with Crippen molar-refractivity contribution in [2.24, 2.45) is 0 Å². The number of aromatic nitrogens is 2. The second-order valence-electron chi connectivity index (χ2n) is 4.64. The van der Waals surface area contributed by atoms with Gasteiger partial charge in [0.15, 0.2) is 5.82 Å². The van der Waals surface area contributed by atoms with E-state index in [0.29, 0.717) is 24.2 Å². The van der Waals surface area contributed by atoms with Gasteiger partial charge in [0.05, 0.1) is 17.2 Å². The number of benzene rings is 1. The van der Waals surface area contributed by atoms with Crippen LogP contribution in [0, 0.1) is 0 Å². The Kier molecular flexibility index (Phi) is 4.55. The van der Waals surface area contributed by atoms with E-state index in [0.717, 1.165) is 34.7 Å². The molecule has 0 spiro atoms. The topological polar surface area (TPSA) is 35.0 Å². The summed E-state index contributed by atoms with van der Waals surface area (Å²) < 4.78 is 5.66. The average molecular weight is 307 g/mol. The van der Waals surface area contributed by atoms with E-state index in [1.807, 2.05) is 30.3 Å². The van der Waals surface area contributed by atoms with Crippen molar-refractivity contribution in [1.29, 1.82) is 0 Å². The number of halogens is 1. The fourth-order valence-corrected chi connectivity index (χ4v) is 3.48. The van der Waals surface area contributed by atoms with Crippen molar-refractivity contribution >= 4 is 23.4 Å². The summed E-state index contributed by atoms with van der Waals surface area (Å²) in [5.74, 6) is 1.77. The van der Waals surface area contributed by atoms with Crippen molar-refractivity contribution in [2.45, 2.75) is 31.0 Å². The number of fused-ring (bicyclic) bond motifs is 1. The highest BCUT2D eigenvalue weighted by atomic mass is 35.5. The van der Waals surface area contributed by atoms with E-state index in [9.17, 15) is 0 Å². The van der Waals surface area contributed by atoms with E-state index in [4.69, 9.17) is 16.3 Å². The zero-order valence-electron chi connectivity index (χ0n) is 11.0. The molecule has 0 N–H and O–H groups in total. The summed E-state index contributed by atoms with van der Waals surface area (Å²) in [6.07, 6.45) is 2.13. The Morgan fingerprint density at radius 2 is 2.00 bits per heavy atom. The molecule has 1 aliphatic heterocycles. The van der Waals surface area contributed by atoms with E-state index in [1.54, 1.807) is 11.8 Å². The summed E-state index contributed by atoms with van der Waals surface area (Å²) in [6, 6.07) is 10.1. The van der Waals surface area contributed by atoms with Crippen LogP contribution in [0.25, 0.3) is 0 Å². The highest BCUT2D eigenvalue weighted by Gasteiger charge is 2.17. The van der Waals surface area contributed by atoms with Crippen LogP contribution < -0.4 is 0 Å². The van der Waals surface area contributed by atoms with Gasteiger partial charge in [-0.2, -0.15) is 0 Å². The normalized spacial score (nSPS) is 14.1. The Bertz CT molecular complexity index is 592. The molecule has 0 fully saturated rings. The second-order valence-corrected chi connectivity index (χ2v) is 6.10. The van der Waals surface area contributed by atoms with Crippen molar-refractivity contribution < 1.29 is 4.74 Å². The fraction of sp³-hybridized carbons (Fsp3) is 0.333. The third-order valence-electron chi connectivity index (χ3n) is 3.09. The minimum absolute atomic E-state index is 0.395. The summed E-state index contributed by atoms with van der Waals surface area (Å²) in [7, 11) is 0. The standard InChI is InChI=1S/C15H15ClN2OS/c16-15-14-12(7-4-8-20-14)17-13(18-15)10-19-9-11-5-2-1-3-6-11/h1-3,5-6H,4,7-10H2. The third-order valence-corrected chi connectivity index (χ3v) is 4.68. The first-order valence-electron chi connectivity index (χ1n) is 6.62. The SMILES string of the molecule is Clc1nc(COCc2ccccc2)nc2c1SCCC2. The average Bonchev–Trinajstić information content (AvgIpc) is 2.48. The van der Waals surface area contributed by atoms with E-state index >= 15 is 0 Å². The number of ether oxygens (including phenoxy) is 1. The van der Waals surface area contributed by atoms with Gasteiger partial charge in [-0.1, -0.05) is 41.9 Å². The van der Waals surface area contributed by atoms with Gasteiger partial charge in [-0.3, -0.25) is 0 Å². The van der Waals surface area contributed by atoms with E-state index in [-0.39, 0.29) is 0 Å². The predicted octanol–water partition coefficient (Wildman–Crippen LogP) is 3.89. The molecule has 2 heterocycles. The molecule has 0 saturated carbocycles. The van der Waals surface area contributed by atoms with E-state index in [1.165, 1.54) is 0 Å². The summed E-state index contributed by atoms with van der Waals surface area (Å²) in [4.78, 5) is 9.94. The lowest BCUT2D eigenvalue weighted by Gasteiger charge is -2.16. The molecule has 0 unspecified atom stereocenters. The first kappa shape index (κ1) is 13.9. The molecular formula is C15H15ClN2OS. The summed E-state index contributed by atoms with van der Waals surface area (Å²) in [5.41, 5.74) is 2.21. The van der Waals surface area contributed by atoms with Crippen LogP contribution in [0.5, 0.6) is 0 Å². The van der Waals surface area contributed by atoms with Crippen molar-refractivity contribution in [3.8, 4) is 0 Å². The first-order valence-corrected chi connectivity index (χ1v) is 7.99. The lowest BCUT2D eigenvalue weighted by atomic mass is 10.2. The number of hydrogen-bond donors (Lipinski definition) is 0. The molecule has 5 heteroatoms. The zero-order chi connectivity index (χ0) is 13.8. The Morgan fingerprint density at radius 1 is 1.15 bits per heavy atom. The maximum atomic E-state index is 6.22. The molecule has 1 aliphatic rings. The quantitative estimate of drug-likeness (QED) is 0.803. The largest absolute Gasteiger partial charge is 0.369 e. The first-order chi connectivity index (χ1) is 9.83. The van der Waals surface area contributed by atoms with Gasteiger partial charge >= 0.3 is 0 Å². The molecule has 0 saturated heterocycles. The predicted molar refractivity (Wildman–Crippen MR) is 81.0 cm³/mol. The van der Waals surface area contributed by atoms with Crippen molar-refractivity contribution in [3.63, 3.8) is 0 Å². The Morgan fingerprint density at radius 3 is 2.85 bits per heavy atom. The van der Waals surface area contributed by atoms with Crippen LogP contribution in [0.3, 0.4) is 0 Å². The Hall–Kier alpha value is -1.10. The van der Waals surface area contributed by atoms with Crippen molar-refractivity contribution in [2.75, 3.05) is 5.75 Å². The number of hydrogen-bond acceptors (Lipinski definition) is 4. The Labute approximate surface area is 127 Å². The molecule has 1 aromatic heterocycles. The smallest absolute Gasteiger partial charge is 0.156 e. The molecule has 3 nitrogen and oxygen atoms in total. The van der Waals surface area contributed by atoms with Gasteiger partial charge in [0.1, 0.15) is 11.8 Å². The second kappa shape index (κ2) is 6.57. The van der Waals surface area contributed by atoms with Crippen LogP contribution in [-0.4, -0.2) is 15.7 Å². The van der Waals surface area contributed by atoms with E-state index in [2.05, 4.69) is 9.97 Å². The van der Waals surface area contributed by atoms with Crippen LogP contribution in [0.1, 0.15) is 23.5 Å². The van der Waals surface area contributed by atoms with Gasteiger partial charge in [-0.15, -0.1) is 11.8 Å². The maximum absolute atomic E-state index is 6.22. The Balaban J connectivity index is 1.64. The molecule has 0 radical (unpaired) electrons. The van der Waals surface area contributed by atoms with Gasteiger partial charge in [0.25, 0.3) is 0 Å². The lowest BCUT2D eigenvalue weighted by Crippen LogP contribution is -2.08. The van der Waals surface area contributed by atoms with Gasteiger partial charge in [-0.25, -0.2) is 9.97 Å². The van der Waals surface area contributed by atoms with Crippen LogP contribution in [0.2, 0.25) is 5.15 Å². The summed E-state index contributed by atoms with van der Waals surface area (Å²) in [5, 5.41) is 0.568. The number of thioether (sulfide) groups is 1. The molecule has 0 atom stereocenters. The fourth-order valence-electron chi connectivity index (χ4n) is 2.14. The summed E-state index contributed by atoms with van der Waals surface area (Å²) in [6.45, 7) is 0.959. The molecule has 0 aliphatic carbocycles. The number of rotatable bonds is 4. The highest BCUT2D eigenvalue weighted by molar-refractivity contribution is 7.99. The molecule has 104 valence electrons. The monoisotopic (exact) mass is 306 g/mol. The highest BCUT2D eigenvalue weighted by Crippen LogP contribution is 2.33. The maximum Gasteiger partial charge on any atom is 0.156 e. The van der Waals surface area contributed by atoms with Gasteiger partial charge < -0.3 is 4.74 Å². The summed E-state index contributed by atoms with van der Waals surface area (Å²) >= 11 is 7.96. The van der Waals surface area contributed by atoms with Crippen LogP contribution >= 0.6 is 23.4 Å². The number of nitrogens with zero attached hydrogens (tertiary/aromatic N) is 2. The molecule has 0 amide bonds. The van der Waals surface area contributed by atoms with E-state index < -0.39 is 0 Å². The number of aryl methyl sites for hydroxylation is 1. The van der Waals surface area contributed by atoms with Crippen LogP contribution in [0.15, 0.2) is 35.2 Å².